The molecule has 2 aliphatic rings. The standard InChI is InChI=1S/C20H35NO2/c1-18(2,3)16-9-12-20(22,13-10-16)19(15-21(4)5)11-7-8-17(14-19)23-6/h7-8,14,16,22H,9-13,15H2,1-6H3. The fourth-order valence-electron chi connectivity index (χ4n) is 4.50. The van der Waals surface area contributed by atoms with Gasteiger partial charge in [0.25, 0.3) is 0 Å². The number of hydrogen-bond donors (Lipinski definition) is 1. The van der Waals surface area contributed by atoms with Crippen molar-refractivity contribution in [2.75, 3.05) is 27.7 Å². The third kappa shape index (κ3) is 3.83. The molecule has 2 aliphatic carbocycles. The van der Waals surface area contributed by atoms with E-state index in [1.54, 1.807) is 7.11 Å². The molecular formula is C20H35NO2. The molecule has 0 aromatic rings. The van der Waals surface area contributed by atoms with E-state index in [1.165, 1.54) is 0 Å². The summed E-state index contributed by atoms with van der Waals surface area (Å²) in [5.74, 6) is 1.58. The number of methoxy groups -OCH3 is 1. The molecule has 1 atom stereocenters. The third-order valence-electron chi connectivity index (χ3n) is 5.98. The first-order chi connectivity index (χ1) is 10.6. The van der Waals surface area contributed by atoms with E-state index in [2.05, 4.69) is 51.9 Å². The predicted molar refractivity (Wildman–Crippen MR) is 96.2 cm³/mol. The van der Waals surface area contributed by atoms with Crippen LogP contribution in [0.15, 0.2) is 24.0 Å². The molecule has 1 N–H and O–H groups in total. The Morgan fingerprint density at radius 1 is 1.26 bits per heavy atom. The second kappa shape index (κ2) is 6.60. The summed E-state index contributed by atoms with van der Waals surface area (Å²) in [5, 5.41) is 11.6. The molecule has 3 nitrogen and oxygen atoms in total. The number of allylic oxidation sites excluding steroid dienone is 2. The van der Waals surface area contributed by atoms with Crippen LogP contribution in [0.1, 0.15) is 52.9 Å². The van der Waals surface area contributed by atoms with Gasteiger partial charge in [-0.2, -0.15) is 0 Å². The zero-order chi connectivity index (χ0) is 17.3. The maximum atomic E-state index is 11.6. The van der Waals surface area contributed by atoms with E-state index in [0.717, 1.165) is 44.4 Å². The Balaban J connectivity index is 2.27. The van der Waals surface area contributed by atoms with Crippen molar-refractivity contribution in [2.45, 2.75) is 58.5 Å². The van der Waals surface area contributed by atoms with Crippen molar-refractivity contribution in [3.63, 3.8) is 0 Å². The zero-order valence-electron chi connectivity index (χ0n) is 15.9. The van der Waals surface area contributed by atoms with Crippen LogP contribution in [-0.2, 0) is 4.74 Å². The van der Waals surface area contributed by atoms with Crippen LogP contribution in [0, 0.1) is 16.7 Å². The van der Waals surface area contributed by atoms with Crippen LogP contribution in [0.2, 0.25) is 0 Å². The molecule has 132 valence electrons. The van der Waals surface area contributed by atoms with E-state index < -0.39 is 5.60 Å². The molecule has 0 aromatic heterocycles. The van der Waals surface area contributed by atoms with Gasteiger partial charge in [0, 0.05) is 12.0 Å². The maximum Gasteiger partial charge on any atom is 0.115 e. The molecule has 23 heavy (non-hydrogen) atoms. The molecule has 2 rings (SSSR count). The highest BCUT2D eigenvalue weighted by Gasteiger charge is 2.51. The summed E-state index contributed by atoms with van der Waals surface area (Å²) in [6.45, 7) is 7.82. The summed E-state index contributed by atoms with van der Waals surface area (Å²) < 4.78 is 5.48. The molecule has 0 heterocycles. The number of aliphatic hydroxyl groups is 1. The average molecular weight is 322 g/mol. The summed E-state index contributed by atoms with van der Waals surface area (Å²) in [6, 6.07) is 0. The van der Waals surface area contributed by atoms with Crippen molar-refractivity contribution in [2.24, 2.45) is 16.7 Å². The van der Waals surface area contributed by atoms with E-state index >= 15 is 0 Å². The molecule has 0 spiro atoms. The average Bonchev–Trinajstić information content (AvgIpc) is 2.46. The van der Waals surface area contributed by atoms with E-state index in [9.17, 15) is 5.11 Å². The minimum absolute atomic E-state index is 0.251. The number of ether oxygens (including phenoxy) is 1. The van der Waals surface area contributed by atoms with E-state index in [-0.39, 0.29) is 5.41 Å². The lowest BCUT2D eigenvalue weighted by Gasteiger charge is -2.52. The van der Waals surface area contributed by atoms with Gasteiger partial charge in [-0.3, -0.25) is 0 Å². The molecule has 0 aromatic carbocycles. The zero-order valence-corrected chi connectivity index (χ0v) is 15.9. The van der Waals surface area contributed by atoms with Crippen LogP contribution in [0.25, 0.3) is 0 Å². The second-order valence-corrected chi connectivity index (χ2v) is 8.92. The smallest absolute Gasteiger partial charge is 0.115 e. The molecule has 0 aliphatic heterocycles. The molecule has 0 saturated heterocycles. The third-order valence-corrected chi connectivity index (χ3v) is 5.98. The van der Waals surface area contributed by atoms with Crippen molar-refractivity contribution in [3.05, 3.63) is 24.0 Å². The summed E-state index contributed by atoms with van der Waals surface area (Å²) in [6.07, 6.45) is 11.2. The molecule has 0 bridgehead atoms. The van der Waals surface area contributed by atoms with Crippen molar-refractivity contribution in [1.82, 2.24) is 4.90 Å². The molecule has 0 amide bonds. The summed E-state index contributed by atoms with van der Waals surface area (Å²) in [5.41, 5.74) is -0.566. The molecule has 0 radical (unpaired) electrons. The van der Waals surface area contributed by atoms with Crippen molar-refractivity contribution in [1.29, 1.82) is 0 Å². The maximum absolute atomic E-state index is 11.6. The molecule has 1 saturated carbocycles. The van der Waals surface area contributed by atoms with Gasteiger partial charge in [-0.15, -0.1) is 0 Å². The number of rotatable bonds is 4. The molecular weight excluding hydrogens is 286 g/mol. The van der Waals surface area contributed by atoms with E-state index in [1.807, 2.05) is 6.08 Å². The Morgan fingerprint density at radius 2 is 1.87 bits per heavy atom. The van der Waals surface area contributed by atoms with Crippen molar-refractivity contribution < 1.29 is 9.84 Å². The Labute approximate surface area is 142 Å². The van der Waals surface area contributed by atoms with Crippen LogP contribution in [-0.4, -0.2) is 43.4 Å². The van der Waals surface area contributed by atoms with Gasteiger partial charge in [0.05, 0.1) is 12.7 Å². The van der Waals surface area contributed by atoms with Crippen LogP contribution in [0.5, 0.6) is 0 Å². The van der Waals surface area contributed by atoms with Crippen LogP contribution in [0.4, 0.5) is 0 Å². The van der Waals surface area contributed by atoms with E-state index in [4.69, 9.17) is 4.74 Å². The van der Waals surface area contributed by atoms with Gasteiger partial charge in [-0.1, -0.05) is 26.8 Å². The summed E-state index contributed by atoms with van der Waals surface area (Å²) in [7, 11) is 5.89. The first-order valence-electron chi connectivity index (χ1n) is 8.92. The van der Waals surface area contributed by atoms with Gasteiger partial charge in [0.15, 0.2) is 0 Å². The van der Waals surface area contributed by atoms with Gasteiger partial charge in [-0.25, -0.2) is 0 Å². The fourth-order valence-corrected chi connectivity index (χ4v) is 4.50. The SMILES string of the molecule is COC1=CC(CN(C)C)(C2(O)CCC(C(C)(C)C)CC2)CC=C1. The molecule has 1 unspecified atom stereocenters. The van der Waals surface area contributed by atoms with Gasteiger partial charge in [0.2, 0.25) is 0 Å². The molecule has 1 fully saturated rings. The molecule has 3 heteroatoms. The van der Waals surface area contributed by atoms with Gasteiger partial charge >= 0.3 is 0 Å². The van der Waals surface area contributed by atoms with Gasteiger partial charge in [-0.05, 0) is 69.7 Å². The lowest BCUT2D eigenvalue weighted by atomic mass is 9.58. The first kappa shape index (κ1) is 18.5. The fraction of sp³-hybridized carbons (Fsp3) is 0.800. The summed E-state index contributed by atoms with van der Waals surface area (Å²) >= 11 is 0. The van der Waals surface area contributed by atoms with Gasteiger partial charge < -0.3 is 14.7 Å². The highest BCUT2D eigenvalue weighted by Crippen LogP contribution is 2.52. The highest BCUT2D eigenvalue weighted by molar-refractivity contribution is 5.27. The normalized spacial score (nSPS) is 35.3. The Bertz CT molecular complexity index is 465. The first-order valence-corrected chi connectivity index (χ1v) is 8.92. The van der Waals surface area contributed by atoms with Crippen molar-refractivity contribution >= 4 is 0 Å². The predicted octanol–water partition coefficient (Wildman–Crippen LogP) is 3.99. The largest absolute Gasteiger partial charge is 0.497 e. The Hall–Kier alpha value is -0.800. The van der Waals surface area contributed by atoms with Crippen molar-refractivity contribution in [3.8, 4) is 0 Å². The Kier molecular flexibility index (Phi) is 5.32. The second-order valence-electron chi connectivity index (χ2n) is 8.92. The van der Waals surface area contributed by atoms with E-state index in [0.29, 0.717) is 11.3 Å². The topological polar surface area (TPSA) is 32.7 Å². The minimum atomic E-state index is -0.645. The Morgan fingerprint density at radius 3 is 2.35 bits per heavy atom. The lowest BCUT2D eigenvalue weighted by molar-refractivity contribution is -0.110. The summed E-state index contributed by atoms with van der Waals surface area (Å²) in [4.78, 5) is 2.19. The highest BCUT2D eigenvalue weighted by atomic mass is 16.5. The monoisotopic (exact) mass is 321 g/mol. The minimum Gasteiger partial charge on any atom is -0.497 e. The van der Waals surface area contributed by atoms with Crippen LogP contribution in [0.3, 0.4) is 0 Å². The number of nitrogens with zero attached hydrogens (tertiary/aromatic N) is 1. The number of hydrogen-bond acceptors (Lipinski definition) is 3. The van der Waals surface area contributed by atoms with Crippen LogP contribution < -0.4 is 0 Å². The lowest BCUT2D eigenvalue weighted by Crippen LogP contribution is -2.55. The van der Waals surface area contributed by atoms with Crippen LogP contribution >= 0.6 is 0 Å². The quantitative estimate of drug-likeness (QED) is 0.850. The van der Waals surface area contributed by atoms with Gasteiger partial charge in [0.1, 0.15) is 5.76 Å².